The van der Waals surface area contributed by atoms with Crippen molar-refractivity contribution in [2.75, 3.05) is 6.26 Å². The van der Waals surface area contributed by atoms with E-state index < -0.39 is 0 Å². The number of thioether (sulfide) groups is 1. The molecule has 19 heavy (non-hydrogen) atoms. The van der Waals surface area contributed by atoms with Crippen LogP contribution in [-0.4, -0.2) is 22.1 Å². The monoisotopic (exact) mass is 275 g/mol. The van der Waals surface area contributed by atoms with Crippen molar-refractivity contribution in [3.05, 3.63) is 47.5 Å². The number of H-pyrrole nitrogens is 1. The quantitative estimate of drug-likeness (QED) is 0.843. The first-order valence-corrected chi connectivity index (χ1v) is 7.29. The van der Waals surface area contributed by atoms with E-state index in [2.05, 4.69) is 15.3 Å². The van der Waals surface area contributed by atoms with Gasteiger partial charge in [0.15, 0.2) is 0 Å². The first-order chi connectivity index (χ1) is 9.11. The van der Waals surface area contributed by atoms with Gasteiger partial charge < -0.3 is 10.3 Å². The molecular formula is C14H17N3OS. The smallest absolute Gasteiger partial charge is 0.252 e. The van der Waals surface area contributed by atoms with Crippen molar-refractivity contribution in [2.24, 2.45) is 0 Å². The fourth-order valence-electron chi connectivity index (χ4n) is 1.83. The number of hydrogen-bond acceptors (Lipinski definition) is 3. The fraction of sp³-hybridized carbons (Fsp3) is 0.286. The Labute approximate surface area is 117 Å². The second-order valence-electron chi connectivity index (χ2n) is 4.35. The topological polar surface area (TPSA) is 57.8 Å². The molecule has 0 radical (unpaired) electrons. The number of rotatable bonds is 4. The molecule has 1 amide bonds. The summed E-state index contributed by atoms with van der Waals surface area (Å²) in [4.78, 5) is 20.5. The van der Waals surface area contributed by atoms with Gasteiger partial charge in [-0.2, -0.15) is 0 Å². The van der Waals surface area contributed by atoms with Crippen molar-refractivity contribution in [2.45, 2.75) is 24.8 Å². The van der Waals surface area contributed by atoms with Crippen LogP contribution in [0.2, 0.25) is 0 Å². The third-order valence-corrected chi connectivity index (χ3v) is 3.69. The van der Waals surface area contributed by atoms with Crippen LogP contribution in [0.4, 0.5) is 0 Å². The number of aryl methyl sites for hydroxylation is 1. The van der Waals surface area contributed by atoms with Crippen LogP contribution in [0, 0.1) is 6.92 Å². The first kappa shape index (κ1) is 13.7. The van der Waals surface area contributed by atoms with Gasteiger partial charge in [0.25, 0.3) is 5.91 Å². The summed E-state index contributed by atoms with van der Waals surface area (Å²) in [5.74, 6) is 0.685. The van der Waals surface area contributed by atoms with E-state index in [0.29, 0.717) is 5.56 Å². The maximum absolute atomic E-state index is 12.3. The van der Waals surface area contributed by atoms with E-state index in [9.17, 15) is 4.79 Å². The van der Waals surface area contributed by atoms with Crippen molar-refractivity contribution in [1.82, 2.24) is 15.3 Å². The van der Waals surface area contributed by atoms with Crippen LogP contribution in [-0.2, 0) is 0 Å². The van der Waals surface area contributed by atoms with Crippen LogP contribution >= 0.6 is 11.8 Å². The minimum atomic E-state index is -0.139. The molecule has 2 aromatic rings. The lowest BCUT2D eigenvalue weighted by Crippen LogP contribution is -2.28. The fourth-order valence-corrected chi connectivity index (χ4v) is 2.27. The van der Waals surface area contributed by atoms with Gasteiger partial charge in [-0.25, -0.2) is 4.98 Å². The van der Waals surface area contributed by atoms with Crippen molar-refractivity contribution in [3.63, 3.8) is 0 Å². The van der Waals surface area contributed by atoms with Gasteiger partial charge in [0.05, 0.1) is 6.04 Å². The zero-order valence-electron chi connectivity index (χ0n) is 11.2. The van der Waals surface area contributed by atoms with Gasteiger partial charge >= 0.3 is 0 Å². The molecule has 0 aliphatic rings. The highest BCUT2D eigenvalue weighted by atomic mass is 32.2. The number of aromatic nitrogens is 2. The lowest BCUT2D eigenvalue weighted by molar-refractivity contribution is 0.0937. The largest absolute Gasteiger partial charge is 0.347 e. The normalized spacial score (nSPS) is 12.2. The molecule has 1 unspecified atom stereocenters. The average Bonchev–Trinajstić information content (AvgIpc) is 2.93. The number of carbonyl (C=O) groups excluding carboxylic acids is 1. The molecule has 0 saturated heterocycles. The minimum absolute atomic E-state index is 0.0719. The Morgan fingerprint density at radius 3 is 2.89 bits per heavy atom. The minimum Gasteiger partial charge on any atom is -0.347 e. The number of benzene rings is 1. The molecule has 4 nitrogen and oxygen atoms in total. The van der Waals surface area contributed by atoms with Gasteiger partial charge in [-0.3, -0.25) is 4.79 Å². The molecule has 2 N–H and O–H groups in total. The van der Waals surface area contributed by atoms with Gasteiger partial charge in [0.1, 0.15) is 5.82 Å². The number of nitrogens with zero attached hydrogens (tertiary/aromatic N) is 1. The molecule has 0 fully saturated rings. The Bertz CT molecular complexity index is 566. The summed E-state index contributed by atoms with van der Waals surface area (Å²) in [6.07, 6.45) is 5.42. The van der Waals surface area contributed by atoms with Gasteiger partial charge in [-0.1, -0.05) is 6.07 Å². The van der Waals surface area contributed by atoms with E-state index in [1.165, 1.54) is 0 Å². The molecule has 1 aromatic heterocycles. The number of amides is 1. The van der Waals surface area contributed by atoms with Gasteiger partial charge in [-0.15, -0.1) is 11.8 Å². The number of carbonyl (C=O) groups is 1. The zero-order valence-corrected chi connectivity index (χ0v) is 12.0. The van der Waals surface area contributed by atoms with Crippen molar-refractivity contribution < 1.29 is 4.79 Å². The lowest BCUT2D eigenvalue weighted by Gasteiger charge is -2.13. The van der Waals surface area contributed by atoms with E-state index >= 15 is 0 Å². The summed E-state index contributed by atoms with van der Waals surface area (Å²) in [7, 11) is 0. The second-order valence-corrected chi connectivity index (χ2v) is 5.23. The van der Waals surface area contributed by atoms with Crippen LogP contribution in [0.5, 0.6) is 0 Å². The zero-order chi connectivity index (χ0) is 13.8. The van der Waals surface area contributed by atoms with E-state index in [1.807, 2.05) is 38.3 Å². The summed E-state index contributed by atoms with van der Waals surface area (Å²) in [5.41, 5.74) is 1.69. The molecule has 0 saturated carbocycles. The van der Waals surface area contributed by atoms with Crippen LogP contribution in [0.1, 0.15) is 34.7 Å². The lowest BCUT2D eigenvalue weighted by atomic mass is 10.1. The molecule has 2 rings (SSSR count). The molecule has 0 bridgehead atoms. The molecule has 1 atom stereocenters. The molecule has 1 aromatic carbocycles. The Kier molecular flexibility index (Phi) is 4.27. The molecular weight excluding hydrogens is 258 g/mol. The Hall–Kier alpha value is -1.75. The van der Waals surface area contributed by atoms with Gasteiger partial charge in [-0.05, 0) is 37.8 Å². The molecule has 100 valence electrons. The molecule has 5 heteroatoms. The van der Waals surface area contributed by atoms with E-state index in [1.54, 1.807) is 24.2 Å². The van der Waals surface area contributed by atoms with E-state index in [4.69, 9.17) is 0 Å². The van der Waals surface area contributed by atoms with Crippen molar-refractivity contribution in [1.29, 1.82) is 0 Å². The predicted molar refractivity (Wildman–Crippen MR) is 77.4 cm³/mol. The SMILES string of the molecule is CSc1ccc(C)c(C(=O)NC(C)c2ncc[nH]2)c1. The number of aromatic amines is 1. The number of imidazole rings is 1. The number of hydrogen-bond donors (Lipinski definition) is 2. The maximum atomic E-state index is 12.3. The van der Waals surface area contributed by atoms with E-state index in [-0.39, 0.29) is 11.9 Å². The summed E-state index contributed by atoms with van der Waals surface area (Å²) in [5, 5.41) is 2.95. The Balaban J connectivity index is 2.16. The van der Waals surface area contributed by atoms with Crippen molar-refractivity contribution >= 4 is 17.7 Å². The molecule has 1 heterocycles. The Morgan fingerprint density at radius 2 is 2.26 bits per heavy atom. The molecule has 0 aliphatic heterocycles. The standard InChI is InChI=1S/C14H17N3OS/c1-9-4-5-11(19-3)8-12(9)14(18)17-10(2)13-15-6-7-16-13/h4-8,10H,1-3H3,(H,15,16)(H,17,18). The first-order valence-electron chi connectivity index (χ1n) is 6.06. The second kappa shape index (κ2) is 5.93. The molecule has 0 aliphatic carbocycles. The van der Waals surface area contributed by atoms with E-state index in [0.717, 1.165) is 16.3 Å². The van der Waals surface area contributed by atoms with Crippen LogP contribution in [0.15, 0.2) is 35.5 Å². The number of nitrogens with one attached hydrogen (secondary N) is 2. The Morgan fingerprint density at radius 1 is 1.47 bits per heavy atom. The van der Waals surface area contributed by atoms with Crippen LogP contribution in [0.25, 0.3) is 0 Å². The van der Waals surface area contributed by atoms with Crippen LogP contribution < -0.4 is 5.32 Å². The third-order valence-electron chi connectivity index (χ3n) is 2.97. The van der Waals surface area contributed by atoms with Gasteiger partial charge in [0.2, 0.25) is 0 Å². The highest BCUT2D eigenvalue weighted by Gasteiger charge is 2.15. The summed E-state index contributed by atoms with van der Waals surface area (Å²) in [6.45, 7) is 3.85. The summed E-state index contributed by atoms with van der Waals surface area (Å²) in [6, 6.07) is 5.77. The van der Waals surface area contributed by atoms with Gasteiger partial charge in [0, 0.05) is 22.9 Å². The molecule has 0 spiro atoms. The van der Waals surface area contributed by atoms with Crippen LogP contribution in [0.3, 0.4) is 0 Å². The highest BCUT2D eigenvalue weighted by Crippen LogP contribution is 2.19. The highest BCUT2D eigenvalue weighted by molar-refractivity contribution is 7.98. The summed E-state index contributed by atoms with van der Waals surface area (Å²) < 4.78 is 0. The summed E-state index contributed by atoms with van der Waals surface area (Å²) >= 11 is 1.63. The predicted octanol–water partition coefficient (Wildman–Crippen LogP) is 2.93. The average molecular weight is 275 g/mol. The maximum Gasteiger partial charge on any atom is 0.252 e. The van der Waals surface area contributed by atoms with Crippen molar-refractivity contribution in [3.8, 4) is 0 Å². The third kappa shape index (κ3) is 3.17.